The molecule has 4 nitrogen and oxygen atoms in total. The first-order chi connectivity index (χ1) is 13.2. The van der Waals surface area contributed by atoms with Gasteiger partial charge in [0.25, 0.3) is 5.91 Å². The number of anilines is 2. The van der Waals surface area contributed by atoms with Crippen molar-refractivity contribution >= 4 is 23.2 Å². The van der Waals surface area contributed by atoms with Crippen molar-refractivity contribution in [1.29, 1.82) is 0 Å². The SMILES string of the molecule is CCN(C(=O)c1cccc(NC(=O)Cc2ccccc2)c1)c1ccccc1. The van der Waals surface area contributed by atoms with Crippen LogP contribution in [0, 0.1) is 0 Å². The summed E-state index contributed by atoms with van der Waals surface area (Å²) in [5.74, 6) is -0.205. The number of para-hydroxylation sites is 1. The molecule has 0 aromatic heterocycles. The van der Waals surface area contributed by atoms with Gasteiger partial charge < -0.3 is 10.2 Å². The Kier molecular flexibility index (Phi) is 6.00. The van der Waals surface area contributed by atoms with Crippen LogP contribution in [0.1, 0.15) is 22.8 Å². The third kappa shape index (κ3) is 4.82. The van der Waals surface area contributed by atoms with Gasteiger partial charge in [0, 0.05) is 23.5 Å². The highest BCUT2D eigenvalue weighted by molar-refractivity contribution is 6.07. The topological polar surface area (TPSA) is 49.4 Å². The number of rotatable bonds is 6. The van der Waals surface area contributed by atoms with Crippen molar-refractivity contribution in [1.82, 2.24) is 0 Å². The van der Waals surface area contributed by atoms with E-state index in [9.17, 15) is 9.59 Å². The summed E-state index contributed by atoms with van der Waals surface area (Å²) in [5.41, 5.74) is 2.95. The van der Waals surface area contributed by atoms with Gasteiger partial charge in [-0.3, -0.25) is 9.59 Å². The lowest BCUT2D eigenvalue weighted by molar-refractivity contribution is -0.115. The van der Waals surface area contributed by atoms with Crippen molar-refractivity contribution in [3.8, 4) is 0 Å². The molecule has 27 heavy (non-hydrogen) atoms. The average molecular weight is 358 g/mol. The molecule has 4 heteroatoms. The molecule has 2 amide bonds. The summed E-state index contributed by atoms with van der Waals surface area (Å²) in [6.07, 6.45) is 0.296. The molecular formula is C23H22N2O2. The quantitative estimate of drug-likeness (QED) is 0.703. The summed E-state index contributed by atoms with van der Waals surface area (Å²) < 4.78 is 0. The molecule has 0 aliphatic heterocycles. The number of amides is 2. The Labute approximate surface area is 159 Å². The monoisotopic (exact) mass is 358 g/mol. The lowest BCUT2D eigenvalue weighted by Crippen LogP contribution is -2.30. The number of hydrogen-bond acceptors (Lipinski definition) is 2. The molecule has 0 radical (unpaired) electrons. The van der Waals surface area contributed by atoms with Crippen molar-refractivity contribution in [3.05, 3.63) is 96.1 Å². The summed E-state index contributed by atoms with van der Waals surface area (Å²) in [5, 5.41) is 2.87. The highest BCUT2D eigenvalue weighted by Crippen LogP contribution is 2.19. The number of hydrogen-bond donors (Lipinski definition) is 1. The zero-order valence-corrected chi connectivity index (χ0v) is 15.3. The van der Waals surface area contributed by atoms with Crippen LogP contribution in [0.2, 0.25) is 0 Å². The molecule has 3 rings (SSSR count). The molecule has 3 aromatic rings. The van der Waals surface area contributed by atoms with Crippen LogP contribution in [0.3, 0.4) is 0 Å². The molecule has 1 N–H and O–H groups in total. The smallest absolute Gasteiger partial charge is 0.258 e. The van der Waals surface area contributed by atoms with Crippen molar-refractivity contribution in [3.63, 3.8) is 0 Å². The third-order valence-electron chi connectivity index (χ3n) is 4.23. The number of carbonyl (C=O) groups excluding carboxylic acids is 2. The second-order valence-corrected chi connectivity index (χ2v) is 6.18. The fraction of sp³-hybridized carbons (Fsp3) is 0.130. The van der Waals surface area contributed by atoms with Crippen LogP contribution in [0.4, 0.5) is 11.4 Å². The Morgan fingerprint density at radius 2 is 1.52 bits per heavy atom. The van der Waals surface area contributed by atoms with Crippen molar-refractivity contribution in [2.75, 3.05) is 16.8 Å². The van der Waals surface area contributed by atoms with Gasteiger partial charge in [-0.05, 0) is 42.8 Å². The maximum atomic E-state index is 12.9. The summed E-state index contributed by atoms with van der Waals surface area (Å²) in [6.45, 7) is 2.50. The zero-order valence-electron chi connectivity index (χ0n) is 15.3. The van der Waals surface area contributed by atoms with E-state index in [1.54, 1.807) is 29.2 Å². The molecule has 0 aliphatic rings. The molecular weight excluding hydrogens is 336 g/mol. The second-order valence-electron chi connectivity index (χ2n) is 6.18. The van der Waals surface area contributed by atoms with Crippen LogP contribution in [-0.4, -0.2) is 18.4 Å². The van der Waals surface area contributed by atoms with Gasteiger partial charge in [0.15, 0.2) is 0 Å². The van der Waals surface area contributed by atoms with E-state index in [1.165, 1.54) is 0 Å². The Morgan fingerprint density at radius 3 is 2.19 bits per heavy atom. The van der Waals surface area contributed by atoms with Crippen LogP contribution < -0.4 is 10.2 Å². The fourth-order valence-corrected chi connectivity index (χ4v) is 2.92. The molecule has 3 aromatic carbocycles. The minimum absolute atomic E-state index is 0.0946. The molecule has 0 unspecified atom stereocenters. The standard InChI is InChI=1S/C23H22N2O2/c1-2-25(21-14-7-4-8-15-21)23(27)19-12-9-13-20(17-19)24-22(26)16-18-10-5-3-6-11-18/h3-15,17H,2,16H2,1H3,(H,24,26). The number of nitrogens with zero attached hydrogens (tertiary/aromatic N) is 1. The molecule has 0 saturated heterocycles. The van der Waals surface area contributed by atoms with Crippen LogP contribution in [0.25, 0.3) is 0 Å². The van der Waals surface area contributed by atoms with Crippen molar-refractivity contribution in [2.45, 2.75) is 13.3 Å². The van der Waals surface area contributed by atoms with Crippen LogP contribution in [0.5, 0.6) is 0 Å². The van der Waals surface area contributed by atoms with Gasteiger partial charge in [-0.25, -0.2) is 0 Å². The zero-order chi connectivity index (χ0) is 19.1. The molecule has 0 saturated carbocycles. The first kappa shape index (κ1) is 18.4. The summed E-state index contributed by atoms with van der Waals surface area (Å²) in [4.78, 5) is 26.9. The Balaban J connectivity index is 1.73. The lowest BCUT2D eigenvalue weighted by Gasteiger charge is -2.21. The van der Waals surface area contributed by atoms with Gasteiger partial charge in [-0.1, -0.05) is 54.6 Å². The largest absolute Gasteiger partial charge is 0.326 e. The maximum absolute atomic E-state index is 12.9. The first-order valence-corrected chi connectivity index (χ1v) is 8.98. The Hall–Kier alpha value is -3.40. The number of benzene rings is 3. The van der Waals surface area contributed by atoms with Crippen LogP contribution in [-0.2, 0) is 11.2 Å². The normalized spacial score (nSPS) is 10.3. The van der Waals surface area contributed by atoms with E-state index in [0.717, 1.165) is 11.3 Å². The van der Waals surface area contributed by atoms with Gasteiger partial charge in [-0.2, -0.15) is 0 Å². The molecule has 0 spiro atoms. The van der Waals surface area contributed by atoms with E-state index >= 15 is 0 Å². The predicted octanol–water partition coefficient (Wildman–Crippen LogP) is 4.53. The van der Waals surface area contributed by atoms with Gasteiger partial charge >= 0.3 is 0 Å². The van der Waals surface area contributed by atoms with E-state index in [2.05, 4.69) is 5.32 Å². The van der Waals surface area contributed by atoms with Crippen molar-refractivity contribution in [2.24, 2.45) is 0 Å². The van der Waals surface area contributed by atoms with E-state index < -0.39 is 0 Å². The maximum Gasteiger partial charge on any atom is 0.258 e. The third-order valence-corrected chi connectivity index (χ3v) is 4.23. The van der Waals surface area contributed by atoms with Gasteiger partial charge in [0.2, 0.25) is 5.91 Å². The van der Waals surface area contributed by atoms with E-state index in [1.807, 2.05) is 67.6 Å². The average Bonchev–Trinajstić information content (AvgIpc) is 2.70. The van der Waals surface area contributed by atoms with Crippen molar-refractivity contribution < 1.29 is 9.59 Å². The van der Waals surface area contributed by atoms with Crippen LogP contribution >= 0.6 is 0 Å². The molecule has 136 valence electrons. The molecule has 0 aliphatic carbocycles. The van der Waals surface area contributed by atoms with E-state index in [4.69, 9.17) is 0 Å². The highest BCUT2D eigenvalue weighted by atomic mass is 16.2. The summed E-state index contributed by atoms with van der Waals surface area (Å²) in [6, 6.07) is 26.2. The summed E-state index contributed by atoms with van der Waals surface area (Å²) >= 11 is 0. The lowest BCUT2D eigenvalue weighted by atomic mass is 10.1. The van der Waals surface area contributed by atoms with E-state index in [-0.39, 0.29) is 11.8 Å². The molecule has 0 fully saturated rings. The van der Waals surface area contributed by atoms with Gasteiger partial charge in [0.05, 0.1) is 6.42 Å². The molecule has 0 atom stereocenters. The minimum Gasteiger partial charge on any atom is -0.326 e. The van der Waals surface area contributed by atoms with Gasteiger partial charge in [0.1, 0.15) is 0 Å². The highest BCUT2D eigenvalue weighted by Gasteiger charge is 2.16. The first-order valence-electron chi connectivity index (χ1n) is 8.98. The number of nitrogens with one attached hydrogen (secondary N) is 1. The summed E-state index contributed by atoms with van der Waals surface area (Å²) in [7, 11) is 0. The minimum atomic E-state index is -0.110. The van der Waals surface area contributed by atoms with Crippen LogP contribution in [0.15, 0.2) is 84.9 Å². The fourth-order valence-electron chi connectivity index (χ4n) is 2.92. The van der Waals surface area contributed by atoms with E-state index in [0.29, 0.717) is 24.2 Å². The molecule has 0 heterocycles. The number of carbonyl (C=O) groups is 2. The van der Waals surface area contributed by atoms with Gasteiger partial charge in [-0.15, -0.1) is 0 Å². The second kappa shape index (κ2) is 8.81. The predicted molar refractivity (Wildman–Crippen MR) is 109 cm³/mol. The molecule has 0 bridgehead atoms. The Morgan fingerprint density at radius 1 is 0.852 bits per heavy atom. The Bertz CT molecular complexity index is 908.